The van der Waals surface area contributed by atoms with Crippen molar-refractivity contribution in [2.75, 3.05) is 6.61 Å². The normalized spacial score (nSPS) is 24.9. The minimum atomic E-state index is -0.250. The lowest BCUT2D eigenvalue weighted by molar-refractivity contribution is 0.0870. The summed E-state index contributed by atoms with van der Waals surface area (Å²) in [6, 6.07) is -0.250. The highest BCUT2D eigenvalue weighted by Crippen LogP contribution is 2.22. The number of rotatable bonds is 2. The van der Waals surface area contributed by atoms with Gasteiger partial charge in [0.25, 0.3) is 0 Å². The Morgan fingerprint density at radius 1 is 1.62 bits per heavy atom. The van der Waals surface area contributed by atoms with Crippen molar-refractivity contribution in [2.24, 2.45) is 5.73 Å². The number of hydrogen-bond acceptors (Lipinski definition) is 5. The summed E-state index contributed by atoms with van der Waals surface area (Å²) in [5.41, 5.74) is 5.90. The molecule has 0 aliphatic carbocycles. The van der Waals surface area contributed by atoms with Gasteiger partial charge in [0.1, 0.15) is 0 Å². The van der Waals surface area contributed by atoms with Crippen molar-refractivity contribution in [3.8, 4) is 0 Å². The van der Waals surface area contributed by atoms with Gasteiger partial charge in [0, 0.05) is 13.5 Å². The first-order valence-electron chi connectivity index (χ1n) is 4.45. The second-order valence-corrected chi connectivity index (χ2v) is 3.25. The largest absolute Gasteiger partial charge is 0.376 e. The molecule has 1 aliphatic heterocycles. The SMILES string of the molecule is Cc1nc([C@@H](N)[C@H]2CCCO2)no1. The minimum Gasteiger partial charge on any atom is -0.376 e. The second-order valence-electron chi connectivity index (χ2n) is 3.25. The van der Waals surface area contributed by atoms with Gasteiger partial charge in [0.2, 0.25) is 5.89 Å². The summed E-state index contributed by atoms with van der Waals surface area (Å²) in [6.07, 6.45) is 2.10. The van der Waals surface area contributed by atoms with Crippen LogP contribution >= 0.6 is 0 Å². The van der Waals surface area contributed by atoms with Gasteiger partial charge in [-0.1, -0.05) is 5.16 Å². The third-order valence-electron chi connectivity index (χ3n) is 2.21. The highest BCUT2D eigenvalue weighted by molar-refractivity contribution is 4.96. The number of nitrogens with two attached hydrogens (primary N) is 1. The standard InChI is InChI=1S/C8H13N3O2/c1-5-10-8(11-13-5)7(9)6-3-2-4-12-6/h6-7H,2-4,9H2,1H3/t6-,7+/m1/s1. The number of aryl methyl sites for hydroxylation is 1. The molecule has 2 atom stereocenters. The molecule has 13 heavy (non-hydrogen) atoms. The molecule has 1 aliphatic rings. The van der Waals surface area contributed by atoms with Crippen molar-refractivity contribution in [1.29, 1.82) is 0 Å². The number of aromatic nitrogens is 2. The van der Waals surface area contributed by atoms with Crippen LogP contribution in [0.3, 0.4) is 0 Å². The lowest BCUT2D eigenvalue weighted by atomic mass is 10.1. The number of nitrogens with zero attached hydrogens (tertiary/aromatic N) is 2. The molecule has 0 radical (unpaired) electrons. The zero-order chi connectivity index (χ0) is 9.26. The Hall–Kier alpha value is -0.940. The van der Waals surface area contributed by atoms with Gasteiger partial charge < -0.3 is 15.0 Å². The quantitative estimate of drug-likeness (QED) is 0.725. The molecule has 5 heteroatoms. The van der Waals surface area contributed by atoms with Crippen molar-refractivity contribution in [1.82, 2.24) is 10.1 Å². The highest BCUT2D eigenvalue weighted by Gasteiger charge is 2.27. The Bertz CT molecular complexity index is 281. The molecule has 0 unspecified atom stereocenters. The van der Waals surface area contributed by atoms with Crippen molar-refractivity contribution in [3.05, 3.63) is 11.7 Å². The molecule has 72 valence electrons. The molecule has 0 amide bonds. The van der Waals surface area contributed by atoms with Crippen LogP contribution in [0.2, 0.25) is 0 Å². The van der Waals surface area contributed by atoms with Crippen LogP contribution in [0.15, 0.2) is 4.52 Å². The third kappa shape index (κ3) is 1.71. The lowest BCUT2D eigenvalue weighted by Gasteiger charge is -2.13. The maximum absolute atomic E-state index is 5.90. The Morgan fingerprint density at radius 3 is 3.00 bits per heavy atom. The van der Waals surface area contributed by atoms with E-state index in [0.29, 0.717) is 11.7 Å². The number of ether oxygens (including phenoxy) is 1. The van der Waals surface area contributed by atoms with E-state index >= 15 is 0 Å². The molecule has 0 bridgehead atoms. The molecule has 5 nitrogen and oxygen atoms in total. The molecule has 0 aromatic carbocycles. The molecule has 2 rings (SSSR count). The molecule has 1 aromatic heterocycles. The minimum absolute atomic E-state index is 0.0528. The van der Waals surface area contributed by atoms with Gasteiger partial charge in [-0.15, -0.1) is 0 Å². The van der Waals surface area contributed by atoms with Crippen LogP contribution in [0.5, 0.6) is 0 Å². The molecule has 0 spiro atoms. The molecule has 2 heterocycles. The van der Waals surface area contributed by atoms with E-state index in [1.807, 2.05) is 0 Å². The van der Waals surface area contributed by atoms with E-state index in [9.17, 15) is 0 Å². The fraction of sp³-hybridized carbons (Fsp3) is 0.750. The van der Waals surface area contributed by atoms with E-state index in [2.05, 4.69) is 10.1 Å². The lowest BCUT2D eigenvalue weighted by Crippen LogP contribution is -2.26. The fourth-order valence-corrected chi connectivity index (χ4v) is 1.50. The van der Waals surface area contributed by atoms with Crippen molar-refractivity contribution in [2.45, 2.75) is 31.9 Å². The van der Waals surface area contributed by atoms with Gasteiger partial charge in [-0.3, -0.25) is 0 Å². The molecule has 1 saturated heterocycles. The third-order valence-corrected chi connectivity index (χ3v) is 2.21. The van der Waals surface area contributed by atoms with Gasteiger partial charge in [-0.25, -0.2) is 0 Å². The summed E-state index contributed by atoms with van der Waals surface area (Å²) < 4.78 is 10.3. The predicted molar refractivity (Wildman–Crippen MR) is 44.9 cm³/mol. The Labute approximate surface area is 76.3 Å². The topological polar surface area (TPSA) is 74.2 Å². The number of hydrogen-bond donors (Lipinski definition) is 1. The average Bonchev–Trinajstić information content (AvgIpc) is 2.72. The van der Waals surface area contributed by atoms with E-state index in [1.165, 1.54) is 0 Å². The first-order valence-corrected chi connectivity index (χ1v) is 4.45. The molecule has 1 fully saturated rings. The van der Waals surface area contributed by atoms with E-state index in [0.717, 1.165) is 19.4 Å². The molecular weight excluding hydrogens is 170 g/mol. The van der Waals surface area contributed by atoms with Crippen LogP contribution in [0.1, 0.15) is 30.6 Å². The second kappa shape index (κ2) is 3.43. The summed E-state index contributed by atoms with van der Waals surface area (Å²) in [6.45, 7) is 2.54. The summed E-state index contributed by atoms with van der Waals surface area (Å²) in [5, 5.41) is 3.77. The van der Waals surface area contributed by atoms with E-state index < -0.39 is 0 Å². The first-order chi connectivity index (χ1) is 6.27. The zero-order valence-corrected chi connectivity index (χ0v) is 7.56. The predicted octanol–water partition coefficient (Wildman–Crippen LogP) is 0.557. The van der Waals surface area contributed by atoms with E-state index in [1.54, 1.807) is 6.92 Å². The van der Waals surface area contributed by atoms with Gasteiger partial charge in [0.05, 0.1) is 12.1 Å². The van der Waals surface area contributed by atoms with Gasteiger partial charge in [-0.2, -0.15) is 4.98 Å². The van der Waals surface area contributed by atoms with Crippen LogP contribution in [0, 0.1) is 6.92 Å². The monoisotopic (exact) mass is 183 g/mol. The van der Waals surface area contributed by atoms with Crippen LogP contribution in [-0.2, 0) is 4.74 Å². The van der Waals surface area contributed by atoms with Crippen LogP contribution in [0.4, 0.5) is 0 Å². The zero-order valence-electron chi connectivity index (χ0n) is 7.56. The van der Waals surface area contributed by atoms with E-state index in [-0.39, 0.29) is 12.1 Å². The van der Waals surface area contributed by atoms with Crippen molar-refractivity contribution < 1.29 is 9.26 Å². The maximum Gasteiger partial charge on any atom is 0.223 e. The van der Waals surface area contributed by atoms with Crippen LogP contribution < -0.4 is 5.73 Å². The van der Waals surface area contributed by atoms with Crippen LogP contribution in [-0.4, -0.2) is 22.9 Å². The molecule has 0 saturated carbocycles. The van der Waals surface area contributed by atoms with Crippen molar-refractivity contribution in [3.63, 3.8) is 0 Å². The van der Waals surface area contributed by atoms with E-state index in [4.69, 9.17) is 15.0 Å². The highest BCUT2D eigenvalue weighted by atomic mass is 16.5. The van der Waals surface area contributed by atoms with Gasteiger partial charge >= 0.3 is 0 Å². The molecule has 2 N–H and O–H groups in total. The summed E-state index contributed by atoms with van der Waals surface area (Å²) in [5.74, 6) is 1.09. The van der Waals surface area contributed by atoms with Crippen molar-refractivity contribution >= 4 is 0 Å². The summed E-state index contributed by atoms with van der Waals surface area (Å²) in [7, 11) is 0. The van der Waals surface area contributed by atoms with Crippen LogP contribution in [0.25, 0.3) is 0 Å². The molecule has 1 aromatic rings. The van der Waals surface area contributed by atoms with Gasteiger partial charge in [-0.05, 0) is 12.8 Å². The summed E-state index contributed by atoms with van der Waals surface area (Å²) >= 11 is 0. The fourth-order valence-electron chi connectivity index (χ4n) is 1.50. The Balaban J connectivity index is 2.07. The smallest absolute Gasteiger partial charge is 0.223 e. The van der Waals surface area contributed by atoms with Gasteiger partial charge in [0.15, 0.2) is 5.82 Å². The summed E-state index contributed by atoms with van der Waals surface area (Å²) in [4.78, 5) is 4.07. The average molecular weight is 183 g/mol. The maximum atomic E-state index is 5.90. The Kier molecular flexibility index (Phi) is 2.28. The first kappa shape index (κ1) is 8.65. The molecular formula is C8H13N3O2. The Morgan fingerprint density at radius 2 is 2.46 bits per heavy atom.